The Kier molecular flexibility index (Phi) is 4.05. The maximum atomic E-state index is 6.45. The lowest BCUT2D eigenvalue weighted by atomic mass is 10.1. The zero-order chi connectivity index (χ0) is 13.8. The minimum Gasteiger partial charge on any atom is -0.457 e. The van der Waals surface area contributed by atoms with Crippen molar-refractivity contribution in [2.75, 3.05) is 0 Å². The zero-order valence-corrected chi connectivity index (χ0v) is 12.3. The SMILES string of the molecule is ClC(c1ccc(Oc2ccccc2)cc1)c1ccsc1. The molecule has 3 heteroatoms. The van der Waals surface area contributed by atoms with Crippen molar-refractivity contribution in [1.82, 2.24) is 0 Å². The minimum atomic E-state index is -0.105. The molecule has 0 N–H and O–H groups in total. The molecular weight excluding hydrogens is 288 g/mol. The van der Waals surface area contributed by atoms with Gasteiger partial charge in [-0.25, -0.2) is 0 Å². The number of thiophene rings is 1. The molecule has 0 radical (unpaired) electrons. The first kappa shape index (κ1) is 13.2. The number of para-hydroxylation sites is 1. The van der Waals surface area contributed by atoms with Gasteiger partial charge in [-0.1, -0.05) is 30.3 Å². The van der Waals surface area contributed by atoms with Gasteiger partial charge in [-0.3, -0.25) is 0 Å². The molecule has 20 heavy (non-hydrogen) atoms. The third-order valence-corrected chi connectivity index (χ3v) is 4.19. The molecule has 0 aliphatic rings. The maximum Gasteiger partial charge on any atom is 0.127 e. The third-order valence-electron chi connectivity index (χ3n) is 2.99. The van der Waals surface area contributed by atoms with Crippen LogP contribution in [0, 0.1) is 0 Å². The Morgan fingerprint density at radius 2 is 1.50 bits per heavy atom. The van der Waals surface area contributed by atoms with Gasteiger partial charge >= 0.3 is 0 Å². The van der Waals surface area contributed by atoms with E-state index in [9.17, 15) is 0 Å². The Morgan fingerprint density at radius 3 is 2.15 bits per heavy atom. The Bertz CT molecular complexity index is 647. The van der Waals surface area contributed by atoms with Gasteiger partial charge in [-0.05, 0) is 52.2 Å². The smallest absolute Gasteiger partial charge is 0.127 e. The van der Waals surface area contributed by atoms with Gasteiger partial charge in [0.05, 0.1) is 5.38 Å². The number of hydrogen-bond acceptors (Lipinski definition) is 2. The van der Waals surface area contributed by atoms with Crippen molar-refractivity contribution >= 4 is 22.9 Å². The molecular formula is C17H13ClOS. The van der Waals surface area contributed by atoms with Crippen molar-refractivity contribution in [2.45, 2.75) is 5.38 Å². The summed E-state index contributed by atoms with van der Waals surface area (Å²) >= 11 is 8.11. The summed E-state index contributed by atoms with van der Waals surface area (Å²) in [6.07, 6.45) is 0. The highest BCUT2D eigenvalue weighted by atomic mass is 35.5. The molecule has 1 unspecified atom stereocenters. The largest absolute Gasteiger partial charge is 0.457 e. The van der Waals surface area contributed by atoms with Crippen LogP contribution < -0.4 is 4.74 Å². The Labute approximate surface area is 127 Å². The number of ether oxygens (including phenoxy) is 1. The van der Waals surface area contributed by atoms with Crippen molar-refractivity contribution < 1.29 is 4.74 Å². The molecule has 1 nitrogen and oxygen atoms in total. The van der Waals surface area contributed by atoms with E-state index in [4.69, 9.17) is 16.3 Å². The maximum absolute atomic E-state index is 6.45. The molecule has 2 aromatic carbocycles. The van der Waals surface area contributed by atoms with Gasteiger partial charge in [-0.15, -0.1) is 11.6 Å². The van der Waals surface area contributed by atoms with Crippen LogP contribution in [0.1, 0.15) is 16.5 Å². The fourth-order valence-corrected chi connectivity index (χ4v) is 2.98. The highest BCUT2D eigenvalue weighted by molar-refractivity contribution is 7.08. The van der Waals surface area contributed by atoms with Gasteiger partial charge in [0.25, 0.3) is 0 Å². The van der Waals surface area contributed by atoms with Crippen LogP contribution in [0.3, 0.4) is 0 Å². The molecule has 0 fully saturated rings. The lowest BCUT2D eigenvalue weighted by molar-refractivity contribution is 0.482. The topological polar surface area (TPSA) is 9.23 Å². The molecule has 1 aromatic heterocycles. The van der Waals surface area contributed by atoms with E-state index >= 15 is 0 Å². The lowest BCUT2D eigenvalue weighted by Crippen LogP contribution is -1.91. The molecule has 0 saturated heterocycles. The summed E-state index contributed by atoms with van der Waals surface area (Å²) < 4.78 is 5.76. The van der Waals surface area contributed by atoms with Crippen LogP contribution in [-0.4, -0.2) is 0 Å². The van der Waals surface area contributed by atoms with Crippen molar-refractivity contribution in [3.8, 4) is 11.5 Å². The summed E-state index contributed by atoms with van der Waals surface area (Å²) in [5, 5.41) is 4.01. The van der Waals surface area contributed by atoms with E-state index in [1.54, 1.807) is 11.3 Å². The van der Waals surface area contributed by atoms with E-state index in [2.05, 4.69) is 11.4 Å². The normalized spacial score (nSPS) is 12.1. The summed E-state index contributed by atoms with van der Waals surface area (Å²) in [7, 11) is 0. The molecule has 100 valence electrons. The molecule has 0 aliphatic carbocycles. The molecule has 0 spiro atoms. The molecule has 3 rings (SSSR count). The van der Waals surface area contributed by atoms with Crippen LogP contribution in [0.25, 0.3) is 0 Å². The van der Waals surface area contributed by atoms with Crippen LogP contribution in [0.2, 0.25) is 0 Å². The molecule has 0 saturated carbocycles. The van der Waals surface area contributed by atoms with Gasteiger partial charge in [0, 0.05) is 0 Å². The number of halogens is 1. The van der Waals surface area contributed by atoms with Crippen LogP contribution in [0.5, 0.6) is 11.5 Å². The predicted octanol–water partition coefficient (Wildman–Crippen LogP) is 5.87. The summed E-state index contributed by atoms with van der Waals surface area (Å²) in [5.74, 6) is 1.65. The van der Waals surface area contributed by atoms with Gasteiger partial charge in [-0.2, -0.15) is 11.3 Å². The number of alkyl halides is 1. The Balaban J connectivity index is 1.75. The van der Waals surface area contributed by atoms with Gasteiger partial charge in [0.15, 0.2) is 0 Å². The van der Waals surface area contributed by atoms with Gasteiger partial charge in [0.2, 0.25) is 0 Å². The first-order valence-electron chi connectivity index (χ1n) is 6.32. The number of rotatable bonds is 4. The second-order valence-electron chi connectivity index (χ2n) is 4.40. The van der Waals surface area contributed by atoms with Gasteiger partial charge < -0.3 is 4.74 Å². The van der Waals surface area contributed by atoms with E-state index in [0.29, 0.717) is 0 Å². The summed E-state index contributed by atoms with van der Waals surface area (Å²) in [5.41, 5.74) is 2.21. The molecule has 1 atom stereocenters. The Hall–Kier alpha value is -1.77. The number of hydrogen-bond donors (Lipinski definition) is 0. The van der Waals surface area contributed by atoms with E-state index in [0.717, 1.165) is 22.6 Å². The average molecular weight is 301 g/mol. The van der Waals surface area contributed by atoms with Crippen molar-refractivity contribution in [1.29, 1.82) is 0 Å². The minimum absolute atomic E-state index is 0.105. The molecule has 0 aliphatic heterocycles. The summed E-state index contributed by atoms with van der Waals surface area (Å²) in [4.78, 5) is 0. The summed E-state index contributed by atoms with van der Waals surface area (Å²) in [6, 6.07) is 19.7. The van der Waals surface area contributed by atoms with Crippen molar-refractivity contribution in [3.05, 3.63) is 82.6 Å². The zero-order valence-electron chi connectivity index (χ0n) is 10.7. The second-order valence-corrected chi connectivity index (χ2v) is 5.62. The van der Waals surface area contributed by atoms with E-state index in [1.807, 2.05) is 60.0 Å². The standard InChI is InChI=1S/C17H13ClOS/c18-17(14-10-11-20-12-14)13-6-8-16(9-7-13)19-15-4-2-1-3-5-15/h1-12,17H. The number of benzene rings is 2. The predicted molar refractivity (Wildman–Crippen MR) is 85.0 cm³/mol. The van der Waals surface area contributed by atoms with Crippen LogP contribution in [-0.2, 0) is 0 Å². The summed E-state index contributed by atoms with van der Waals surface area (Å²) in [6.45, 7) is 0. The quantitative estimate of drug-likeness (QED) is 0.548. The second kappa shape index (κ2) is 6.12. The third kappa shape index (κ3) is 3.03. The van der Waals surface area contributed by atoms with Crippen LogP contribution >= 0.6 is 22.9 Å². The van der Waals surface area contributed by atoms with E-state index in [-0.39, 0.29) is 5.38 Å². The van der Waals surface area contributed by atoms with Crippen molar-refractivity contribution in [3.63, 3.8) is 0 Å². The molecule has 1 heterocycles. The first-order chi connectivity index (χ1) is 9.83. The van der Waals surface area contributed by atoms with E-state index in [1.165, 1.54) is 0 Å². The highest BCUT2D eigenvalue weighted by Crippen LogP contribution is 2.31. The Morgan fingerprint density at radius 1 is 0.800 bits per heavy atom. The monoisotopic (exact) mass is 300 g/mol. The first-order valence-corrected chi connectivity index (χ1v) is 7.70. The van der Waals surface area contributed by atoms with Crippen LogP contribution in [0.15, 0.2) is 71.4 Å². The molecule has 0 amide bonds. The fraction of sp³-hybridized carbons (Fsp3) is 0.0588. The van der Waals surface area contributed by atoms with E-state index < -0.39 is 0 Å². The van der Waals surface area contributed by atoms with Gasteiger partial charge in [0.1, 0.15) is 11.5 Å². The van der Waals surface area contributed by atoms with Crippen molar-refractivity contribution in [2.24, 2.45) is 0 Å². The average Bonchev–Trinajstić information content (AvgIpc) is 3.03. The fourth-order valence-electron chi connectivity index (χ4n) is 1.94. The molecule has 0 bridgehead atoms. The molecule has 3 aromatic rings. The van der Waals surface area contributed by atoms with Crippen LogP contribution in [0.4, 0.5) is 0 Å². The highest BCUT2D eigenvalue weighted by Gasteiger charge is 2.11. The lowest BCUT2D eigenvalue weighted by Gasteiger charge is -2.10.